The van der Waals surface area contributed by atoms with E-state index in [9.17, 15) is 0 Å². The Hall–Kier alpha value is -0.740. The van der Waals surface area contributed by atoms with Gasteiger partial charge in [-0.15, -0.1) is 6.20 Å². The van der Waals surface area contributed by atoms with Crippen LogP contribution in [0, 0.1) is 0 Å². The Morgan fingerprint density at radius 1 is 1.78 bits per heavy atom. The monoisotopic (exact) mass is 127 g/mol. The molecule has 0 aromatic carbocycles. The predicted octanol–water partition coefficient (Wildman–Crippen LogP) is -0.214. The number of nitrogens with zero attached hydrogens (tertiary/aromatic N) is 2. The molecule has 0 saturated heterocycles. The Morgan fingerprint density at radius 2 is 2.67 bits per heavy atom. The van der Waals surface area contributed by atoms with Crippen LogP contribution in [0.25, 0.3) is 5.43 Å². The third-order valence-corrected chi connectivity index (χ3v) is 1.11. The van der Waals surface area contributed by atoms with E-state index in [1.54, 1.807) is 6.20 Å². The van der Waals surface area contributed by atoms with Gasteiger partial charge in [-0.05, 0) is 13.2 Å². The van der Waals surface area contributed by atoms with Crippen LogP contribution in [-0.2, 0) is 0 Å². The highest BCUT2D eigenvalue weighted by atomic mass is 15.7. The van der Waals surface area contributed by atoms with E-state index in [-0.39, 0.29) is 0 Å². The highest BCUT2D eigenvalue weighted by Crippen LogP contribution is 1.96. The molecule has 0 radical (unpaired) electrons. The Kier molecular flexibility index (Phi) is 2.35. The third-order valence-electron chi connectivity index (χ3n) is 1.11. The van der Waals surface area contributed by atoms with Gasteiger partial charge in [-0.25, -0.2) is 0 Å². The maximum atomic E-state index is 3.79. The SMILES string of the molecule is CNCCN1C=C[N-]N1. The summed E-state index contributed by atoms with van der Waals surface area (Å²) in [4.78, 5) is 0. The Morgan fingerprint density at radius 3 is 3.22 bits per heavy atom. The van der Waals surface area contributed by atoms with Crippen molar-refractivity contribution in [3.05, 3.63) is 17.8 Å². The summed E-state index contributed by atoms with van der Waals surface area (Å²) in [6.07, 6.45) is 3.63. The molecule has 1 heterocycles. The zero-order valence-electron chi connectivity index (χ0n) is 5.46. The Balaban J connectivity index is 2.05. The molecular formula is C5H11N4-. The van der Waals surface area contributed by atoms with E-state index in [1.165, 1.54) is 0 Å². The maximum Gasteiger partial charge on any atom is 0.0448 e. The van der Waals surface area contributed by atoms with Gasteiger partial charge in [-0.3, -0.25) is 0 Å². The molecule has 52 valence electrons. The molecule has 0 spiro atoms. The molecule has 0 aromatic rings. The van der Waals surface area contributed by atoms with Crippen LogP contribution in [0.1, 0.15) is 0 Å². The zero-order chi connectivity index (χ0) is 6.53. The van der Waals surface area contributed by atoms with E-state index >= 15 is 0 Å². The highest BCUT2D eigenvalue weighted by molar-refractivity contribution is 5.01. The predicted molar refractivity (Wildman–Crippen MR) is 36.3 cm³/mol. The normalized spacial score (nSPS) is 16.3. The molecule has 0 amide bonds. The molecule has 0 saturated carbocycles. The lowest BCUT2D eigenvalue weighted by Gasteiger charge is -2.21. The van der Waals surface area contributed by atoms with Crippen molar-refractivity contribution in [2.75, 3.05) is 20.1 Å². The summed E-state index contributed by atoms with van der Waals surface area (Å²) in [6.45, 7) is 1.91. The quantitative estimate of drug-likeness (QED) is 0.551. The van der Waals surface area contributed by atoms with Crippen molar-refractivity contribution in [1.29, 1.82) is 0 Å². The van der Waals surface area contributed by atoms with Crippen molar-refractivity contribution in [2.45, 2.75) is 0 Å². The number of hydrazine groups is 1. The van der Waals surface area contributed by atoms with Gasteiger partial charge in [0.2, 0.25) is 0 Å². The first-order valence-electron chi connectivity index (χ1n) is 2.97. The van der Waals surface area contributed by atoms with Crippen molar-refractivity contribution in [2.24, 2.45) is 0 Å². The largest absolute Gasteiger partial charge is 0.609 e. The first kappa shape index (κ1) is 6.38. The molecule has 0 unspecified atom stereocenters. The van der Waals surface area contributed by atoms with Crippen molar-refractivity contribution >= 4 is 0 Å². The fourth-order valence-electron chi connectivity index (χ4n) is 0.611. The molecular weight excluding hydrogens is 116 g/mol. The third kappa shape index (κ3) is 1.91. The van der Waals surface area contributed by atoms with E-state index in [2.05, 4.69) is 16.3 Å². The minimum atomic E-state index is 0.941. The smallest absolute Gasteiger partial charge is 0.0448 e. The van der Waals surface area contributed by atoms with Crippen molar-refractivity contribution in [1.82, 2.24) is 15.9 Å². The summed E-state index contributed by atoms with van der Waals surface area (Å²) < 4.78 is 0. The van der Waals surface area contributed by atoms with Crippen LogP contribution in [0.2, 0.25) is 0 Å². The number of hydrogen-bond donors (Lipinski definition) is 2. The molecule has 2 N–H and O–H groups in total. The second kappa shape index (κ2) is 3.32. The minimum absolute atomic E-state index is 0.941. The summed E-state index contributed by atoms with van der Waals surface area (Å²) in [7, 11) is 1.93. The van der Waals surface area contributed by atoms with Gasteiger partial charge in [0.05, 0.1) is 0 Å². The first-order valence-corrected chi connectivity index (χ1v) is 2.97. The molecule has 4 nitrogen and oxygen atoms in total. The van der Waals surface area contributed by atoms with E-state index in [4.69, 9.17) is 0 Å². The minimum Gasteiger partial charge on any atom is -0.609 e. The van der Waals surface area contributed by atoms with Gasteiger partial charge in [0.1, 0.15) is 0 Å². The first-order chi connectivity index (χ1) is 4.43. The van der Waals surface area contributed by atoms with Crippen LogP contribution in [0.3, 0.4) is 0 Å². The van der Waals surface area contributed by atoms with Gasteiger partial charge in [0.15, 0.2) is 0 Å². The number of likely N-dealkylation sites (N-methyl/N-ethyl adjacent to an activating group) is 1. The zero-order valence-corrected chi connectivity index (χ0v) is 5.46. The van der Waals surface area contributed by atoms with Gasteiger partial charge in [-0.2, -0.15) is 0 Å². The number of nitrogens with one attached hydrogen (secondary N) is 2. The molecule has 1 aliphatic heterocycles. The molecule has 0 fully saturated rings. The second-order valence-corrected chi connectivity index (χ2v) is 1.82. The lowest BCUT2D eigenvalue weighted by Crippen LogP contribution is -2.31. The summed E-state index contributed by atoms with van der Waals surface area (Å²) in [5.41, 5.74) is 6.58. The highest BCUT2D eigenvalue weighted by Gasteiger charge is 1.91. The Labute approximate surface area is 54.9 Å². The standard InChI is InChI=1S/C5H11N4/c1-6-2-4-9-5-3-7-8-9/h3,5-6,8H,2,4H2,1H3/q-1. The lowest BCUT2D eigenvalue weighted by molar-refractivity contribution is 0.327. The number of hydrogen-bond acceptors (Lipinski definition) is 3. The van der Waals surface area contributed by atoms with Crippen LogP contribution in [0.4, 0.5) is 0 Å². The van der Waals surface area contributed by atoms with E-state index in [1.807, 2.05) is 18.3 Å². The molecule has 1 rings (SSSR count). The van der Waals surface area contributed by atoms with Crippen LogP contribution >= 0.6 is 0 Å². The molecule has 4 heteroatoms. The van der Waals surface area contributed by atoms with Crippen LogP contribution in [0.5, 0.6) is 0 Å². The number of rotatable bonds is 3. The summed E-state index contributed by atoms with van der Waals surface area (Å²) >= 11 is 0. The van der Waals surface area contributed by atoms with Gasteiger partial charge in [0, 0.05) is 13.1 Å². The summed E-state index contributed by atoms with van der Waals surface area (Å²) in [6, 6.07) is 0. The van der Waals surface area contributed by atoms with Crippen LogP contribution < -0.4 is 10.9 Å². The van der Waals surface area contributed by atoms with Crippen molar-refractivity contribution in [3.8, 4) is 0 Å². The van der Waals surface area contributed by atoms with Gasteiger partial charge in [-0.1, -0.05) is 0 Å². The van der Waals surface area contributed by atoms with Gasteiger partial charge in [0.25, 0.3) is 0 Å². The van der Waals surface area contributed by atoms with E-state index in [0.29, 0.717) is 0 Å². The molecule has 0 bridgehead atoms. The van der Waals surface area contributed by atoms with Crippen LogP contribution in [0.15, 0.2) is 12.4 Å². The topological polar surface area (TPSA) is 41.4 Å². The van der Waals surface area contributed by atoms with E-state index in [0.717, 1.165) is 13.1 Å². The van der Waals surface area contributed by atoms with Crippen LogP contribution in [-0.4, -0.2) is 25.1 Å². The maximum absolute atomic E-state index is 3.79. The van der Waals surface area contributed by atoms with Crippen molar-refractivity contribution in [3.63, 3.8) is 0 Å². The van der Waals surface area contributed by atoms with Gasteiger partial charge >= 0.3 is 0 Å². The lowest BCUT2D eigenvalue weighted by atomic mass is 10.6. The van der Waals surface area contributed by atoms with E-state index < -0.39 is 0 Å². The molecule has 1 aliphatic rings. The van der Waals surface area contributed by atoms with Crippen molar-refractivity contribution < 1.29 is 0 Å². The average molecular weight is 127 g/mol. The van der Waals surface area contributed by atoms with Gasteiger partial charge < -0.3 is 21.3 Å². The fraction of sp³-hybridized carbons (Fsp3) is 0.600. The average Bonchev–Trinajstić information content (AvgIpc) is 2.34. The second-order valence-electron chi connectivity index (χ2n) is 1.82. The fourth-order valence-corrected chi connectivity index (χ4v) is 0.611. The summed E-state index contributed by atoms with van der Waals surface area (Å²) in [5, 5.41) is 4.95. The molecule has 0 aromatic heterocycles. The molecule has 0 aliphatic carbocycles. The molecule has 9 heavy (non-hydrogen) atoms. The molecule has 0 atom stereocenters. The Bertz CT molecular complexity index is 101. The summed E-state index contributed by atoms with van der Waals surface area (Å²) in [5.74, 6) is 0.